The van der Waals surface area contributed by atoms with E-state index in [1.54, 1.807) is 0 Å². The number of nitrogens with two attached hydrogens (primary N) is 1. The highest BCUT2D eigenvalue weighted by atomic mass is 16.6. The Kier molecular flexibility index (Phi) is 3.24. The van der Waals surface area contributed by atoms with E-state index in [4.69, 9.17) is 10.5 Å². The van der Waals surface area contributed by atoms with E-state index >= 15 is 0 Å². The van der Waals surface area contributed by atoms with Gasteiger partial charge in [0.1, 0.15) is 11.5 Å². The van der Waals surface area contributed by atoms with E-state index in [9.17, 15) is 9.59 Å². The predicted octanol–water partition coefficient (Wildman–Crippen LogP) is 2.13. The summed E-state index contributed by atoms with van der Waals surface area (Å²) in [6.45, 7) is 0. The van der Waals surface area contributed by atoms with Crippen LogP contribution in [0.5, 0.6) is 0 Å². The van der Waals surface area contributed by atoms with Crippen LogP contribution in [0.15, 0.2) is 30.3 Å². The van der Waals surface area contributed by atoms with Crippen LogP contribution in [0.3, 0.4) is 0 Å². The number of rotatable bonds is 2. The van der Waals surface area contributed by atoms with E-state index in [-0.39, 0.29) is 5.92 Å². The van der Waals surface area contributed by atoms with Gasteiger partial charge in [-0.05, 0) is 31.2 Å². The molecule has 20 heavy (non-hydrogen) atoms. The lowest BCUT2D eigenvalue weighted by molar-refractivity contribution is -0.154. The average Bonchev–Trinajstić information content (AvgIpc) is 2.73. The number of hydrogen-bond acceptors (Lipinski definition) is 3. The molecule has 0 bridgehead atoms. The van der Waals surface area contributed by atoms with Gasteiger partial charge in [-0.2, -0.15) is 0 Å². The number of primary amides is 1. The fourth-order valence-corrected chi connectivity index (χ4v) is 3.77. The molecular weight excluding hydrogens is 254 g/mol. The van der Waals surface area contributed by atoms with Gasteiger partial charge in [0.2, 0.25) is 5.91 Å². The highest BCUT2D eigenvalue weighted by molar-refractivity contribution is 6.00. The van der Waals surface area contributed by atoms with Crippen molar-refractivity contribution in [3.63, 3.8) is 0 Å². The molecule has 0 unspecified atom stereocenters. The second kappa shape index (κ2) is 4.93. The molecule has 0 aromatic heterocycles. The topological polar surface area (TPSA) is 69.4 Å². The molecule has 4 nitrogen and oxygen atoms in total. The smallest absolute Gasteiger partial charge is 0.319 e. The Morgan fingerprint density at radius 1 is 1.15 bits per heavy atom. The third-order valence-corrected chi connectivity index (χ3v) is 4.62. The summed E-state index contributed by atoms with van der Waals surface area (Å²) in [5.41, 5.74) is 5.91. The third kappa shape index (κ3) is 1.99. The lowest BCUT2D eigenvalue weighted by Crippen LogP contribution is -2.39. The number of amides is 1. The minimum Gasteiger partial charge on any atom is -0.458 e. The van der Waals surface area contributed by atoms with Crippen molar-refractivity contribution in [3.8, 4) is 0 Å². The largest absolute Gasteiger partial charge is 0.458 e. The Bertz CT molecular complexity index is 520. The Balaban J connectivity index is 2.06. The Hall–Kier alpha value is -1.84. The number of ether oxygens (including phenoxy) is 1. The molecule has 1 aromatic rings. The van der Waals surface area contributed by atoms with Crippen LogP contribution in [0.1, 0.15) is 43.6 Å². The van der Waals surface area contributed by atoms with E-state index in [1.165, 1.54) is 0 Å². The molecule has 1 aromatic carbocycles. The van der Waals surface area contributed by atoms with Crippen LogP contribution in [-0.4, -0.2) is 17.5 Å². The van der Waals surface area contributed by atoms with Crippen LogP contribution in [0, 0.1) is 5.92 Å². The Labute approximate surface area is 118 Å². The summed E-state index contributed by atoms with van der Waals surface area (Å²) >= 11 is 0. The zero-order chi connectivity index (χ0) is 14.2. The molecule has 0 radical (unpaired) electrons. The van der Waals surface area contributed by atoms with Crippen molar-refractivity contribution < 1.29 is 14.3 Å². The molecule has 2 atom stereocenters. The summed E-state index contributed by atoms with van der Waals surface area (Å²) < 4.78 is 5.69. The van der Waals surface area contributed by atoms with Crippen molar-refractivity contribution in [1.29, 1.82) is 0 Å². The van der Waals surface area contributed by atoms with E-state index < -0.39 is 23.4 Å². The molecule has 2 aliphatic rings. The highest BCUT2D eigenvalue weighted by Crippen LogP contribution is 2.51. The maximum absolute atomic E-state index is 12.1. The maximum atomic E-state index is 12.1. The zero-order valence-corrected chi connectivity index (χ0v) is 11.4. The van der Waals surface area contributed by atoms with Gasteiger partial charge >= 0.3 is 5.97 Å². The predicted molar refractivity (Wildman–Crippen MR) is 73.8 cm³/mol. The van der Waals surface area contributed by atoms with E-state index in [0.717, 1.165) is 37.7 Å². The molecule has 1 aliphatic heterocycles. The molecule has 1 saturated heterocycles. The fourth-order valence-electron chi connectivity index (χ4n) is 3.77. The minimum atomic E-state index is -0.851. The van der Waals surface area contributed by atoms with Gasteiger partial charge in [0.05, 0.1) is 0 Å². The number of hydrogen-bond donors (Lipinski definition) is 1. The maximum Gasteiger partial charge on any atom is 0.319 e. The summed E-state index contributed by atoms with van der Waals surface area (Å²) in [6.07, 6.45) is 4.86. The molecule has 1 spiro atoms. The first-order chi connectivity index (χ1) is 9.64. The van der Waals surface area contributed by atoms with Crippen molar-refractivity contribution in [2.75, 3.05) is 0 Å². The minimum absolute atomic E-state index is 0.242. The van der Waals surface area contributed by atoms with Crippen molar-refractivity contribution in [2.24, 2.45) is 11.7 Å². The lowest BCUT2D eigenvalue weighted by atomic mass is 9.69. The zero-order valence-electron chi connectivity index (χ0n) is 11.4. The van der Waals surface area contributed by atoms with Crippen LogP contribution in [0.2, 0.25) is 0 Å². The van der Waals surface area contributed by atoms with Crippen molar-refractivity contribution in [2.45, 2.75) is 43.6 Å². The quantitative estimate of drug-likeness (QED) is 0.663. The fraction of sp³-hybridized carbons (Fsp3) is 0.500. The van der Waals surface area contributed by atoms with E-state index in [0.29, 0.717) is 0 Å². The number of esters is 1. The van der Waals surface area contributed by atoms with Gasteiger partial charge < -0.3 is 10.5 Å². The summed E-state index contributed by atoms with van der Waals surface area (Å²) in [6, 6.07) is 9.69. The molecule has 1 amide bonds. The molecular formula is C16H19NO3. The van der Waals surface area contributed by atoms with Crippen LogP contribution in [0.4, 0.5) is 0 Å². The summed E-state index contributed by atoms with van der Waals surface area (Å²) in [5, 5.41) is 0. The molecule has 106 valence electrons. The van der Waals surface area contributed by atoms with Gasteiger partial charge in [-0.15, -0.1) is 0 Å². The van der Waals surface area contributed by atoms with Crippen molar-refractivity contribution in [1.82, 2.24) is 0 Å². The second-order valence-electron chi connectivity index (χ2n) is 5.81. The normalized spacial score (nSPS) is 28.3. The highest BCUT2D eigenvalue weighted by Gasteiger charge is 2.58. The first-order valence-corrected chi connectivity index (χ1v) is 7.21. The summed E-state index contributed by atoms with van der Waals surface area (Å²) in [7, 11) is 0. The summed E-state index contributed by atoms with van der Waals surface area (Å²) in [4.78, 5) is 23.9. The molecule has 2 fully saturated rings. The Morgan fingerprint density at radius 2 is 1.80 bits per heavy atom. The third-order valence-electron chi connectivity index (χ3n) is 4.62. The average molecular weight is 273 g/mol. The first kappa shape index (κ1) is 13.2. The van der Waals surface area contributed by atoms with E-state index in [2.05, 4.69) is 0 Å². The molecule has 2 N–H and O–H groups in total. The molecule has 1 saturated carbocycles. The van der Waals surface area contributed by atoms with Gasteiger partial charge in [-0.3, -0.25) is 9.59 Å². The standard InChI is InChI=1S/C16H19NO3/c17-14(18)12-13(11-7-3-1-4-8-11)16(20-15(12)19)9-5-2-6-10-16/h1,3-4,7-8,12-13H,2,5-6,9-10H2,(H2,17,18)/t12-,13-/m1/s1. The van der Waals surface area contributed by atoms with Gasteiger partial charge in [-0.1, -0.05) is 36.8 Å². The van der Waals surface area contributed by atoms with Crippen molar-refractivity contribution in [3.05, 3.63) is 35.9 Å². The van der Waals surface area contributed by atoms with Crippen LogP contribution in [-0.2, 0) is 14.3 Å². The monoisotopic (exact) mass is 273 g/mol. The molecule has 4 heteroatoms. The van der Waals surface area contributed by atoms with Gasteiger partial charge in [-0.25, -0.2) is 0 Å². The van der Waals surface area contributed by atoms with E-state index in [1.807, 2.05) is 30.3 Å². The lowest BCUT2D eigenvalue weighted by Gasteiger charge is -2.37. The molecule has 1 aliphatic carbocycles. The Morgan fingerprint density at radius 3 is 2.40 bits per heavy atom. The number of benzene rings is 1. The van der Waals surface area contributed by atoms with Crippen LogP contribution >= 0.6 is 0 Å². The first-order valence-electron chi connectivity index (χ1n) is 7.21. The number of carbonyl (C=O) groups is 2. The van der Waals surface area contributed by atoms with Gasteiger partial charge in [0.15, 0.2) is 0 Å². The number of carbonyl (C=O) groups excluding carboxylic acids is 2. The summed E-state index contributed by atoms with van der Waals surface area (Å²) in [5.74, 6) is -2.12. The van der Waals surface area contributed by atoms with Crippen LogP contribution < -0.4 is 5.73 Å². The second-order valence-corrected chi connectivity index (χ2v) is 5.81. The van der Waals surface area contributed by atoms with Gasteiger partial charge in [0, 0.05) is 5.92 Å². The molecule has 3 rings (SSSR count). The van der Waals surface area contributed by atoms with Crippen LogP contribution in [0.25, 0.3) is 0 Å². The van der Waals surface area contributed by atoms with Gasteiger partial charge in [0.25, 0.3) is 0 Å². The SMILES string of the molecule is NC(=O)[C@@H]1C(=O)OC2(CCCCC2)[C@@H]1c1ccccc1. The van der Waals surface area contributed by atoms with Crippen molar-refractivity contribution >= 4 is 11.9 Å². The molecule has 1 heterocycles.